The average molecular weight is 389 g/mol. The fraction of sp³-hybridized carbons (Fsp3) is 0.550. The van der Waals surface area contributed by atoms with Gasteiger partial charge in [0.1, 0.15) is 11.7 Å². The van der Waals surface area contributed by atoms with Crippen molar-refractivity contribution in [3.8, 4) is 0 Å². The Bertz CT molecular complexity index is 667. The van der Waals surface area contributed by atoms with Gasteiger partial charge in [0.2, 0.25) is 0 Å². The predicted molar refractivity (Wildman–Crippen MR) is 115 cm³/mol. The van der Waals surface area contributed by atoms with Crippen molar-refractivity contribution in [3.63, 3.8) is 0 Å². The predicted octanol–water partition coefficient (Wildman–Crippen LogP) is 2.16. The van der Waals surface area contributed by atoms with Crippen molar-refractivity contribution < 1.29 is 9.90 Å². The molecular formula is C20H32N6O2. The summed E-state index contributed by atoms with van der Waals surface area (Å²) in [5, 5.41) is 12.5. The van der Waals surface area contributed by atoms with Gasteiger partial charge in [-0.2, -0.15) is 0 Å². The van der Waals surface area contributed by atoms with E-state index in [0.717, 1.165) is 36.9 Å². The Balaban J connectivity index is 2.00. The summed E-state index contributed by atoms with van der Waals surface area (Å²) in [6, 6.07) is 9.94. The first-order chi connectivity index (χ1) is 13.4. The van der Waals surface area contributed by atoms with E-state index in [2.05, 4.69) is 34.2 Å². The molecule has 2 N–H and O–H groups in total. The third-order valence-corrected chi connectivity index (χ3v) is 4.48. The smallest absolute Gasteiger partial charge is 0.407 e. The Kier molecular flexibility index (Phi) is 8.90. The van der Waals surface area contributed by atoms with Crippen molar-refractivity contribution in [2.75, 3.05) is 65.2 Å². The normalized spacial score (nSPS) is 16.5. The molecule has 0 unspecified atom stereocenters. The standard InChI is InChI=1S/C20H32N6O2/c1-17(21-10-7-11-24(2)3)22-19(23-18-8-5-4-6-9-18)16-25-12-14-26(15-13-25)20(27)28/h4-6,8-9H,7,10-16H2,1-3H3,(H,27,28)(H,21,22,23). The number of carboxylic acid groups (broad SMARTS) is 1. The molecule has 0 saturated carbocycles. The molecule has 28 heavy (non-hydrogen) atoms. The lowest BCUT2D eigenvalue weighted by Gasteiger charge is -2.33. The molecule has 1 aliphatic heterocycles. The van der Waals surface area contributed by atoms with Crippen LogP contribution in [0.2, 0.25) is 0 Å². The number of hydrogen-bond donors (Lipinski definition) is 2. The van der Waals surface area contributed by atoms with Gasteiger partial charge in [0.25, 0.3) is 0 Å². The molecule has 1 aromatic carbocycles. The summed E-state index contributed by atoms with van der Waals surface area (Å²) >= 11 is 0. The van der Waals surface area contributed by atoms with Gasteiger partial charge in [-0.05, 0) is 46.1 Å². The van der Waals surface area contributed by atoms with Gasteiger partial charge in [-0.3, -0.25) is 9.89 Å². The van der Waals surface area contributed by atoms with E-state index in [4.69, 9.17) is 10.1 Å². The molecule has 0 bridgehead atoms. The van der Waals surface area contributed by atoms with Gasteiger partial charge in [0.15, 0.2) is 0 Å². The summed E-state index contributed by atoms with van der Waals surface area (Å²) < 4.78 is 0. The number of amidine groups is 2. The second kappa shape index (κ2) is 11.4. The van der Waals surface area contributed by atoms with Gasteiger partial charge in [0, 0.05) is 38.4 Å². The number of anilines is 1. The largest absolute Gasteiger partial charge is 0.465 e. The second-order valence-corrected chi connectivity index (χ2v) is 7.18. The average Bonchev–Trinajstić information content (AvgIpc) is 2.66. The molecule has 1 fully saturated rings. The molecule has 0 aliphatic carbocycles. The van der Waals surface area contributed by atoms with Crippen LogP contribution < -0.4 is 5.32 Å². The van der Waals surface area contributed by atoms with Crippen molar-refractivity contribution in [2.24, 2.45) is 9.98 Å². The lowest BCUT2D eigenvalue weighted by atomic mass is 10.3. The summed E-state index contributed by atoms with van der Waals surface area (Å²) in [6.45, 7) is 6.74. The monoisotopic (exact) mass is 388 g/mol. The van der Waals surface area contributed by atoms with Crippen LogP contribution in [-0.4, -0.2) is 97.5 Å². The van der Waals surface area contributed by atoms with Crippen molar-refractivity contribution in [1.82, 2.24) is 14.7 Å². The summed E-state index contributed by atoms with van der Waals surface area (Å²) in [6.07, 6.45) is 0.148. The number of rotatable bonds is 7. The highest BCUT2D eigenvalue weighted by molar-refractivity contribution is 6.04. The first kappa shape index (κ1) is 21.8. The van der Waals surface area contributed by atoms with Gasteiger partial charge in [-0.1, -0.05) is 18.2 Å². The highest BCUT2D eigenvalue weighted by Gasteiger charge is 2.21. The zero-order valence-electron chi connectivity index (χ0n) is 17.1. The number of benzene rings is 1. The van der Waals surface area contributed by atoms with Crippen LogP contribution in [0.1, 0.15) is 13.3 Å². The lowest BCUT2D eigenvalue weighted by Crippen LogP contribution is -2.50. The van der Waals surface area contributed by atoms with Crippen LogP contribution in [0.15, 0.2) is 40.3 Å². The first-order valence-electron chi connectivity index (χ1n) is 9.69. The fourth-order valence-corrected chi connectivity index (χ4v) is 2.96. The third kappa shape index (κ3) is 8.06. The molecular weight excluding hydrogens is 356 g/mol. The molecule has 0 aromatic heterocycles. The van der Waals surface area contributed by atoms with Crippen LogP contribution in [0.25, 0.3) is 0 Å². The van der Waals surface area contributed by atoms with E-state index in [1.165, 1.54) is 4.90 Å². The lowest BCUT2D eigenvalue weighted by molar-refractivity contribution is 0.111. The van der Waals surface area contributed by atoms with E-state index in [-0.39, 0.29) is 0 Å². The van der Waals surface area contributed by atoms with E-state index in [9.17, 15) is 4.79 Å². The van der Waals surface area contributed by atoms with Crippen molar-refractivity contribution in [1.29, 1.82) is 0 Å². The molecule has 0 spiro atoms. The maximum Gasteiger partial charge on any atom is 0.407 e. The van der Waals surface area contributed by atoms with Crippen LogP contribution in [-0.2, 0) is 0 Å². The topological polar surface area (TPSA) is 83.8 Å². The van der Waals surface area contributed by atoms with Crippen LogP contribution in [0, 0.1) is 0 Å². The minimum atomic E-state index is -0.850. The zero-order valence-corrected chi connectivity index (χ0v) is 17.1. The van der Waals surface area contributed by atoms with Crippen molar-refractivity contribution >= 4 is 23.5 Å². The Labute approximate surface area is 167 Å². The highest BCUT2D eigenvalue weighted by atomic mass is 16.4. The van der Waals surface area contributed by atoms with E-state index >= 15 is 0 Å². The maximum absolute atomic E-state index is 11.1. The van der Waals surface area contributed by atoms with Gasteiger partial charge < -0.3 is 20.2 Å². The van der Waals surface area contributed by atoms with Gasteiger partial charge >= 0.3 is 6.09 Å². The number of aliphatic imine (C=N–C) groups is 2. The maximum atomic E-state index is 11.1. The summed E-state index contributed by atoms with van der Waals surface area (Å²) in [5.74, 6) is 1.57. The van der Waals surface area contributed by atoms with Gasteiger partial charge in [-0.15, -0.1) is 0 Å². The molecule has 0 atom stereocenters. The minimum Gasteiger partial charge on any atom is -0.465 e. The number of nitrogens with one attached hydrogen (secondary N) is 1. The molecule has 1 aliphatic rings. The number of nitrogens with zero attached hydrogens (tertiary/aromatic N) is 5. The van der Waals surface area contributed by atoms with Crippen LogP contribution in [0.5, 0.6) is 0 Å². The number of hydrogen-bond acceptors (Lipinski definition) is 4. The molecule has 1 aromatic rings. The van der Waals surface area contributed by atoms with Gasteiger partial charge in [-0.25, -0.2) is 9.79 Å². The SMILES string of the molecule is CC(=NCCCN(C)C)N=C(CN1CCN(C(=O)O)CC1)Nc1ccccc1. The molecule has 0 radical (unpaired) electrons. The molecule has 154 valence electrons. The van der Waals surface area contributed by atoms with E-state index in [1.807, 2.05) is 37.3 Å². The molecule has 1 heterocycles. The molecule has 1 amide bonds. The first-order valence-corrected chi connectivity index (χ1v) is 9.69. The van der Waals surface area contributed by atoms with Crippen LogP contribution >= 0.6 is 0 Å². The Morgan fingerprint density at radius 3 is 2.46 bits per heavy atom. The number of piperazine rings is 1. The molecule has 8 heteroatoms. The van der Waals surface area contributed by atoms with E-state index in [0.29, 0.717) is 32.7 Å². The number of amides is 1. The minimum absolute atomic E-state index is 0.519. The Morgan fingerprint density at radius 1 is 1.18 bits per heavy atom. The number of para-hydroxylation sites is 1. The zero-order chi connectivity index (χ0) is 20.4. The molecule has 2 rings (SSSR count). The Hall–Kier alpha value is -2.45. The molecule has 1 saturated heterocycles. The van der Waals surface area contributed by atoms with Crippen LogP contribution in [0.3, 0.4) is 0 Å². The molecule has 8 nitrogen and oxygen atoms in total. The number of carbonyl (C=O) groups is 1. The third-order valence-electron chi connectivity index (χ3n) is 4.48. The summed E-state index contributed by atoms with van der Waals surface area (Å²) in [5.41, 5.74) is 0.978. The second-order valence-electron chi connectivity index (χ2n) is 7.18. The Morgan fingerprint density at radius 2 is 1.86 bits per heavy atom. The van der Waals surface area contributed by atoms with Crippen molar-refractivity contribution in [3.05, 3.63) is 30.3 Å². The van der Waals surface area contributed by atoms with E-state index < -0.39 is 6.09 Å². The van der Waals surface area contributed by atoms with Crippen LogP contribution in [0.4, 0.5) is 10.5 Å². The summed E-state index contributed by atoms with van der Waals surface area (Å²) in [7, 11) is 4.11. The van der Waals surface area contributed by atoms with E-state index in [1.54, 1.807) is 0 Å². The summed E-state index contributed by atoms with van der Waals surface area (Å²) in [4.78, 5) is 26.2. The van der Waals surface area contributed by atoms with Crippen molar-refractivity contribution in [2.45, 2.75) is 13.3 Å². The highest BCUT2D eigenvalue weighted by Crippen LogP contribution is 2.08. The van der Waals surface area contributed by atoms with Gasteiger partial charge in [0.05, 0.1) is 6.54 Å². The quantitative estimate of drug-likeness (QED) is 0.425. The fourth-order valence-electron chi connectivity index (χ4n) is 2.96.